The number of ether oxygens (including phenoxy) is 1. The van der Waals surface area contributed by atoms with Gasteiger partial charge in [0.05, 0.1) is 30.8 Å². The summed E-state index contributed by atoms with van der Waals surface area (Å²) in [6.45, 7) is 1.69. The number of hydrogen-bond acceptors (Lipinski definition) is 5. The number of terminal acetylenes is 1. The normalized spacial score (nSPS) is 17.5. The van der Waals surface area contributed by atoms with Gasteiger partial charge in [0.2, 0.25) is 11.8 Å². The minimum absolute atomic E-state index is 0.0354. The van der Waals surface area contributed by atoms with Crippen LogP contribution in [0.15, 0.2) is 60.7 Å². The van der Waals surface area contributed by atoms with Crippen molar-refractivity contribution in [3.05, 3.63) is 77.4 Å². The predicted molar refractivity (Wildman–Crippen MR) is 147 cm³/mol. The van der Waals surface area contributed by atoms with Crippen LogP contribution >= 0.6 is 0 Å². The Hall–Kier alpha value is -4.35. The molecular weight excluding hydrogens is 480 g/mol. The van der Waals surface area contributed by atoms with Gasteiger partial charge in [-0.25, -0.2) is 0 Å². The Kier molecular flexibility index (Phi) is 8.29. The largest absolute Gasteiger partial charge is 0.496 e. The maximum Gasteiger partial charge on any atom is 0.255 e. The molecule has 1 aliphatic rings. The second-order valence-electron chi connectivity index (χ2n) is 9.35. The maximum absolute atomic E-state index is 13.5. The molecule has 0 bridgehead atoms. The molecule has 0 aromatic heterocycles. The molecule has 0 fully saturated rings. The van der Waals surface area contributed by atoms with Crippen LogP contribution in [0.2, 0.25) is 0 Å². The fourth-order valence-electron chi connectivity index (χ4n) is 4.73. The number of fused-ring (bicyclic) bond motifs is 2. The van der Waals surface area contributed by atoms with Crippen LogP contribution < -0.4 is 26.0 Å². The fourth-order valence-corrected chi connectivity index (χ4v) is 4.73. The van der Waals surface area contributed by atoms with Crippen molar-refractivity contribution >= 4 is 28.5 Å². The number of methoxy groups -OCH3 is 1. The molecule has 0 saturated carbocycles. The first-order valence-corrected chi connectivity index (χ1v) is 12.5. The number of hydrogen-bond donors (Lipinski definition) is 4. The van der Waals surface area contributed by atoms with Gasteiger partial charge in [0.25, 0.3) is 5.91 Å². The second-order valence-corrected chi connectivity index (χ2v) is 9.35. The van der Waals surface area contributed by atoms with Crippen molar-refractivity contribution in [1.29, 1.82) is 0 Å². The molecule has 0 spiro atoms. The average Bonchev–Trinajstić information content (AvgIpc) is 3.27. The molecule has 8 heteroatoms. The maximum atomic E-state index is 13.5. The van der Waals surface area contributed by atoms with E-state index in [-0.39, 0.29) is 18.2 Å². The van der Waals surface area contributed by atoms with E-state index in [2.05, 4.69) is 27.2 Å². The van der Waals surface area contributed by atoms with Gasteiger partial charge in [-0.2, -0.15) is 0 Å². The van der Waals surface area contributed by atoms with Crippen LogP contribution in [0.3, 0.4) is 0 Å². The smallest absolute Gasteiger partial charge is 0.255 e. The van der Waals surface area contributed by atoms with Gasteiger partial charge in [0.1, 0.15) is 11.8 Å². The molecule has 0 heterocycles. The fraction of sp³-hybridized carbons (Fsp3) is 0.300. The van der Waals surface area contributed by atoms with Crippen LogP contribution in [0.1, 0.15) is 40.9 Å². The van der Waals surface area contributed by atoms with Gasteiger partial charge < -0.3 is 26.0 Å². The summed E-state index contributed by atoms with van der Waals surface area (Å²) < 4.78 is 5.52. The van der Waals surface area contributed by atoms with E-state index >= 15 is 0 Å². The number of carbonyl (C=O) groups is 3. The summed E-state index contributed by atoms with van der Waals surface area (Å²) in [7, 11) is 3.19. The van der Waals surface area contributed by atoms with Gasteiger partial charge in [-0.3, -0.25) is 14.4 Å². The van der Waals surface area contributed by atoms with E-state index in [0.29, 0.717) is 17.7 Å². The molecule has 4 unspecified atom stereocenters. The summed E-state index contributed by atoms with van der Waals surface area (Å²) in [4.78, 5) is 39.2. The van der Waals surface area contributed by atoms with Gasteiger partial charge in [0.15, 0.2) is 0 Å². The third-order valence-corrected chi connectivity index (χ3v) is 6.94. The highest BCUT2D eigenvalue weighted by Crippen LogP contribution is 2.33. The minimum atomic E-state index is -0.909. The highest BCUT2D eigenvalue weighted by Gasteiger charge is 2.36. The highest BCUT2D eigenvalue weighted by molar-refractivity contribution is 6.02. The summed E-state index contributed by atoms with van der Waals surface area (Å²) in [5, 5.41) is 13.6. The molecule has 1 aliphatic carbocycles. The zero-order valence-electron chi connectivity index (χ0n) is 21.7. The summed E-state index contributed by atoms with van der Waals surface area (Å²) in [5.74, 6) is 1.88. The van der Waals surface area contributed by atoms with Gasteiger partial charge in [0, 0.05) is 6.42 Å². The molecule has 8 nitrogen and oxygen atoms in total. The van der Waals surface area contributed by atoms with Crippen molar-refractivity contribution in [3.63, 3.8) is 0 Å². The van der Waals surface area contributed by atoms with E-state index in [1.54, 1.807) is 20.0 Å². The lowest BCUT2D eigenvalue weighted by Gasteiger charge is -2.26. The van der Waals surface area contributed by atoms with E-state index in [9.17, 15) is 14.4 Å². The lowest BCUT2D eigenvalue weighted by atomic mass is 10.0. The van der Waals surface area contributed by atoms with Crippen molar-refractivity contribution in [2.75, 3.05) is 14.2 Å². The third-order valence-electron chi connectivity index (χ3n) is 6.94. The Morgan fingerprint density at radius 1 is 1.03 bits per heavy atom. The van der Waals surface area contributed by atoms with Crippen molar-refractivity contribution in [1.82, 2.24) is 21.3 Å². The molecule has 4 atom stereocenters. The van der Waals surface area contributed by atoms with E-state index in [4.69, 9.17) is 11.2 Å². The summed E-state index contributed by atoms with van der Waals surface area (Å²) >= 11 is 0. The summed E-state index contributed by atoms with van der Waals surface area (Å²) in [5.41, 5.74) is 2.34. The van der Waals surface area contributed by atoms with E-state index in [0.717, 1.165) is 21.9 Å². The van der Waals surface area contributed by atoms with Gasteiger partial charge >= 0.3 is 0 Å². The Labute approximate surface area is 222 Å². The molecule has 3 amide bonds. The number of rotatable bonds is 9. The Morgan fingerprint density at radius 3 is 2.39 bits per heavy atom. The van der Waals surface area contributed by atoms with E-state index in [1.807, 2.05) is 54.6 Å². The van der Waals surface area contributed by atoms with Gasteiger partial charge in [-0.1, -0.05) is 48.5 Å². The van der Waals surface area contributed by atoms with E-state index in [1.165, 1.54) is 7.11 Å². The van der Waals surface area contributed by atoms with Crippen LogP contribution in [0, 0.1) is 12.3 Å². The zero-order valence-corrected chi connectivity index (χ0v) is 21.7. The van der Waals surface area contributed by atoms with Crippen LogP contribution in [-0.4, -0.2) is 50.0 Å². The van der Waals surface area contributed by atoms with Crippen LogP contribution in [0.5, 0.6) is 5.75 Å². The lowest BCUT2D eigenvalue weighted by molar-refractivity contribution is -0.130. The molecule has 38 heavy (non-hydrogen) atoms. The molecule has 0 radical (unpaired) electrons. The van der Waals surface area contributed by atoms with Crippen molar-refractivity contribution in [3.8, 4) is 18.1 Å². The quantitative estimate of drug-likeness (QED) is 0.330. The molecule has 4 N–H and O–H groups in total. The Balaban J connectivity index is 1.58. The standard InChI is InChI=1S/C30H32N4O4/c1-5-10-24(32-28(35)18(2)31-3)30(37)34-27-22-14-9-8-13-21(22)16-25(27)33-29(36)23-15-19-11-6-7-12-20(19)17-26(23)38-4/h1,6-9,11-15,17-18,24-25,27,31H,10,16H2,2-4H3,(H,32,35)(H,33,36)(H,34,37). The van der Waals surface area contributed by atoms with E-state index < -0.39 is 30.1 Å². The van der Waals surface area contributed by atoms with Gasteiger partial charge in [-0.15, -0.1) is 12.3 Å². The monoisotopic (exact) mass is 512 g/mol. The van der Waals surface area contributed by atoms with Crippen LogP contribution in [0.25, 0.3) is 10.8 Å². The first-order valence-electron chi connectivity index (χ1n) is 12.5. The highest BCUT2D eigenvalue weighted by atomic mass is 16.5. The van der Waals surface area contributed by atoms with Crippen molar-refractivity contribution < 1.29 is 19.1 Å². The van der Waals surface area contributed by atoms with Crippen molar-refractivity contribution in [2.24, 2.45) is 0 Å². The van der Waals surface area contributed by atoms with Crippen molar-refractivity contribution in [2.45, 2.75) is 43.9 Å². The van der Waals surface area contributed by atoms with Gasteiger partial charge in [-0.05, 0) is 54.4 Å². The minimum Gasteiger partial charge on any atom is -0.496 e. The zero-order chi connectivity index (χ0) is 27.2. The molecule has 0 saturated heterocycles. The topological polar surface area (TPSA) is 109 Å². The number of likely N-dealkylation sites (N-methyl/N-ethyl adjacent to an activating group) is 1. The third kappa shape index (κ3) is 5.63. The first-order chi connectivity index (χ1) is 18.4. The van der Waals surface area contributed by atoms with Crippen LogP contribution in [0.4, 0.5) is 0 Å². The number of benzene rings is 3. The number of carbonyl (C=O) groups excluding carboxylic acids is 3. The molecule has 0 aliphatic heterocycles. The molecular formula is C30H32N4O4. The Morgan fingerprint density at radius 2 is 1.71 bits per heavy atom. The molecule has 3 aromatic carbocycles. The number of amides is 3. The first kappa shape index (κ1) is 26.7. The molecule has 3 aromatic rings. The molecule has 196 valence electrons. The Bertz CT molecular complexity index is 1400. The SMILES string of the molecule is C#CCC(NC(=O)C(C)NC)C(=O)NC1c2ccccc2CC1NC(=O)c1cc2ccccc2cc1OC. The lowest BCUT2D eigenvalue weighted by Crippen LogP contribution is -2.53. The number of nitrogens with one attached hydrogen (secondary N) is 4. The average molecular weight is 513 g/mol. The second kappa shape index (κ2) is 11.8. The van der Waals surface area contributed by atoms with Crippen LogP contribution in [-0.2, 0) is 16.0 Å². The summed E-state index contributed by atoms with van der Waals surface area (Å²) in [6, 6.07) is 16.8. The summed E-state index contributed by atoms with van der Waals surface area (Å²) in [6.07, 6.45) is 6.06. The predicted octanol–water partition coefficient (Wildman–Crippen LogP) is 2.48. The molecule has 4 rings (SSSR count).